The van der Waals surface area contributed by atoms with E-state index < -0.39 is 0 Å². The van der Waals surface area contributed by atoms with E-state index in [1.165, 1.54) is 11.1 Å². The van der Waals surface area contributed by atoms with Gasteiger partial charge in [0.05, 0.1) is 17.0 Å². The fourth-order valence-corrected chi connectivity index (χ4v) is 3.75. The third-order valence-corrected chi connectivity index (χ3v) is 5.07. The number of amides is 1. The van der Waals surface area contributed by atoms with E-state index in [9.17, 15) is 4.79 Å². The van der Waals surface area contributed by atoms with Crippen molar-refractivity contribution in [2.45, 2.75) is 31.6 Å². The fourth-order valence-electron chi connectivity index (χ4n) is 3.57. The molecular formula is C20H20ClN3O. The maximum Gasteiger partial charge on any atom is 0.227 e. The molecule has 1 atom stereocenters. The van der Waals surface area contributed by atoms with Crippen molar-refractivity contribution in [3.63, 3.8) is 0 Å². The molecule has 1 aliphatic rings. The van der Waals surface area contributed by atoms with E-state index in [1.54, 1.807) is 0 Å². The summed E-state index contributed by atoms with van der Waals surface area (Å²) >= 11 is 5.99. The highest BCUT2D eigenvalue weighted by Crippen LogP contribution is 2.32. The van der Waals surface area contributed by atoms with Gasteiger partial charge in [0.2, 0.25) is 5.91 Å². The number of nitrogens with zero attached hydrogens (tertiary/aromatic N) is 1. The minimum absolute atomic E-state index is 0.00421. The topological polar surface area (TPSA) is 57.8 Å². The minimum atomic E-state index is 0.00421. The molecule has 2 aromatic carbocycles. The minimum Gasteiger partial charge on any atom is -0.356 e. The van der Waals surface area contributed by atoms with Crippen LogP contribution in [0.3, 0.4) is 0 Å². The second kappa shape index (κ2) is 6.89. The first-order valence-electron chi connectivity index (χ1n) is 8.70. The first kappa shape index (κ1) is 16.2. The normalized spacial score (nSPS) is 16.1. The summed E-state index contributed by atoms with van der Waals surface area (Å²) in [6.07, 6.45) is 3.56. The second-order valence-corrected chi connectivity index (χ2v) is 6.97. The van der Waals surface area contributed by atoms with Crippen LogP contribution in [-0.2, 0) is 17.6 Å². The summed E-state index contributed by atoms with van der Waals surface area (Å²) in [5.74, 6) is 1.07. The Kier molecular flexibility index (Phi) is 4.45. The Bertz CT molecular complexity index is 918. The van der Waals surface area contributed by atoms with Crippen LogP contribution in [0.15, 0.2) is 42.5 Å². The van der Waals surface area contributed by atoms with Crippen molar-refractivity contribution in [3.8, 4) is 0 Å². The average molecular weight is 354 g/mol. The molecule has 0 radical (unpaired) electrons. The smallest absolute Gasteiger partial charge is 0.227 e. The predicted molar refractivity (Wildman–Crippen MR) is 99.9 cm³/mol. The SMILES string of the molecule is O=C(NCCCc1nc2ccc(Cl)cc2[nH]1)[C@@H]1CCc2ccccc21. The quantitative estimate of drug-likeness (QED) is 0.681. The molecular weight excluding hydrogens is 334 g/mol. The van der Waals surface area contributed by atoms with Crippen LogP contribution in [0.5, 0.6) is 0 Å². The van der Waals surface area contributed by atoms with Gasteiger partial charge in [-0.25, -0.2) is 4.98 Å². The van der Waals surface area contributed by atoms with Crippen molar-refractivity contribution < 1.29 is 4.79 Å². The highest BCUT2D eigenvalue weighted by atomic mass is 35.5. The third-order valence-electron chi connectivity index (χ3n) is 4.83. The number of carbonyl (C=O) groups is 1. The third kappa shape index (κ3) is 3.40. The summed E-state index contributed by atoms with van der Waals surface area (Å²) in [7, 11) is 0. The van der Waals surface area contributed by atoms with Crippen LogP contribution >= 0.6 is 11.6 Å². The Labute approximate surface area is 151 Å². The number of aromatic amines is 1. The molecule has 5 heteroatoms. The number of H-pyrrole nitrogens is 1. The fraction of sp³-hybridized carbons (Fsp3) is 0.300. The molecule has 25 heavy (non-hydrogen) atoms. The number of aryl methyl sites for hydroxylation is 2. The number of fused-ring (bicyclic) bond motifs is 2. The van der Waals surface area contributed by atoms with E-state index in [0.717, 1.165) is 42.5 Å². The summed E-state index contributed by atoms with van der Waals surface area (Å²) in [6, 6.07) is 13.9. The predicted octanol–water partition coefficient (Wildman–Crippen LogP) is 4.00. The van der Waals surface area contributed by atoms with E-state index in [1.807, 2.05) is 30.3 Å². The Morgan fingerprint density at radius 2 is 2.16 bits per heavy atom. The number of hydrogen-bond acceptors (Lipinski definition) is 2. The van der Waals surface area contributed by atoms with Gasteiger partial charge in [-0.1, -0.05) is 35.9 Å². The first-order valence-corrected chi connectivity index (χ1v) is 9.08. The first-order chi connectivity index (χ1) is 12.2. The molecule has 0 unspecified atom stereocenters. The van der Waals surface area contributed by atoms with Gasteiger partial charge < -0.3 is 10.3 Å². The molecule has 0 saturated heterocycles. The Hall–Kier alpha value is -2.33. The summed E-state index contributed by atoms with van der Waals surface area (Å²) in [5, 5.41) is 3.78. The van der Waals surface area contributed by atoms with Gasteiger partial charge in [0.25, 0.3) is 0 Å². The molecule has 1 amide bonds. The van der Waals surface area contributed by atoms with Gasteiger partial charge in [-0.15, -0.1) is 0 Å². The van der Waals surface area contributed by atoms with Crippen LogP contribution in [0.1, 0.15) is 35.7 Å². The number of rotatable bonds is 5. The molecule has 3 aromatic rings. The lowest BCUT2D eigenvalue weighted by molar-refractivity contribution is -0.122. The number of hydrogen-bond donors (Lipinski definition) is 2. The number of carbonyl (C=O) groups excluding carboxylic acids is 1. The van der Waals surface area contributed by atoms with E-state index in [0.29, 0.717) is 11.6 Å². The summed E-state index contributed by atoms with van der Waals surface area (Å²) in [4.78, 5) is 20.3. The van der Waals surface area contributed by atoms with Gasteiger partial charge in [-0.3, -0.25) is 4.79 Å². The molecule has 0 aliphatic heterocycles. The highest BCUT2D eigenvalue weighted by Gasteiger charge is 2.27. The van der Waals surface area contributed by atoms with Gasteiger partial charge >= 0.3 is 0 Å². The summed E-state index contributed by atoms with van der Waals surface area (Å²) < 4.78 is 0. The van der Waals surface area contributed by atoms with Gasteiger partial charge in [0, 0.05) is 18.0 Å². The van der Waals surface area contributed by atoms with Crippen molar-refractivity contribution in [1.29, 1.82) is 0 Å². The maximum atomic E-state index is 12.4. The zero-order chi connectivity index (χ0) is 17.2. The Balaban J connectivity index is 1.30. The van der Waals surface area contributed by atoms with Crippen molar-refractivity contribution in [2.24, 2.45) is 0 Å². The molecule has 4 rings (SSSR count). The maximum absolute atomic E-state index is 12.4. The van der Waals surface area contributed by atoms with Crippen LogP contribution in [0.2, 0.25) is 5.02 Å². The van der Waals surface area contributed by atoms with Crippen LogP contribution in [-0.4, -0.2) is 22.4 Å². The van der Waals surface area contributed by atoms with Crippen molar-refractivity contribution in [3.05, 3.63) is 64.4 Å². The number of aromatic nitrogens is 2. The number of benzene rings is 2. The molecule has 0 fully saturated rings. The molecule has 2 N–H and O–H groups in total. The molecule has 0 saturated carbocycles. The van der Waals surface area contributed by atoms with Gasteiger partial charge in [0.1, 0.15) is 5.82 Å². The molecule has 0 bridgehead atoms. The molecule has 1 aliphatic carbocycles. The molecule has 1 aromatic heterocycles. The van der Waals surface area contributed by atoms with Gasteiger partial charge in [0.15, 0.2) is 0 Å². The lowest BCUT2D eigenvalue weighted by Gasteiger charge is -2.12. The van der Waals surface area contributed by atoms with Gasteiger partial charge in [-0.05, 0) is 48.6 Å². The zero-order valence-corrected chi connectivity index (χ0v) is 14.6. The molecule has 128 valence electrons. The average Bonchev–Trinajstić information content (AvgIpc) is 3.21. The number of halogens is 1. The Morgan fingerprint density at radius 3 is 3.08 bits per heavy atom. The lowest BCUT2D eigenvalue weighted by Crippen LogP contribution is -2.29. The molecule has 4 nitrogen and oxygen atoms in total. The van der Waals surface area contributed by atoms with Crippen LogP contribution in [0.25, 0.3) is 11.0 Å². The largest absolute Gasteiger partial charge is 0.356 e. The van der Waals surface area contributed by atoms with E-state index in [4.69, 9.17) is 11.6 Å². The van der Waals surface area contributed by atoms with Crippen molar-refractivity contribution in [2.75, 3.05) is 6.54 Å². The lowest BCUT2D eigenvalue weighted by atomic mass is 10.0. The van der Waals surface area contributed by atoms with E-state index in [-0.39, 0.29) is 11.8 Å². The second-order valence-electron chi connectivity index (χ2n) is 6.53. The van der Waals surface area contributed by atoms with Crippen LogP contribution < -0.4 is 5.32 Å². The van der Waals surface area contributed by atoms with Crippen LogP contribution in [0, 0.1) is 0 Å². The standard InChI is InChI=1S/C20H20ClN3O/c21-14-8-10-17-18(12-14)24-19(23-17)6-3-11-22-20(25)16-9-7-13-4-1-2-5-15(13)16/h1-2,4-5,8,10,12,16H,3,6-7,9,11H2,(H,22,25)(H,23,24)/t16-/m1/s1. The summed E-state index contributed by atoms with van der Waals surface area (Å²) in [6.45, 7) is 0.662. The zero-order valence-electron chi connectivity index (χ0n) is 13.9. The summed E-state index contributed by atoms with van der Waals surface area (Å²) in [5.41, 5.74) is 4.37. The van der Waals surface area contributed by atoms with E-state index in [2.05, 4.69) is 27.4 Å². The van der Waals surface area contributed by atoms with Gasteiger partial charge in [-0.2, -0.15) is 0 Å². The number of imidazole rings is 1. The van der Waals surface area contributed by atoms with E-state index >= 15 is 0 Å². The van der Waals surface area contributed by atoms with Crippen molar-refractivity contribution >= 4 is 28.5 Å². The molecule has 1 heterocycles. The molecule has 0 spiro atoms. The monoisotopic (exact) mass is 353 g/mol. The number of nitrogens with one attached hydrogen (secondary N) is 2. The van der Waals surface area contributed by atoms with Crippen LogP contribution in [0.4, 0.5) is 0 Å². The Morgan fingerprint density at radius 1 is 1.28 bits per heavy atom. The highest BCUT2D eigenvalue weighted by molar-refractivity contribution is 6.31. The van der Waals surface area contributed by atoms with Crippen molar-refractivity contribution in [1.82, 2.24) is 15.3 Å².